The number of likely N-dealkylation sites (N-methyl/N-ethyl adjacent to an activating group) is 1. The lowest BCUT2D eigenvalue weighted by Gasteiger charge is -2.20. The molecule has 0 aliphatic carbocycles. The van der Waals surface area contributed by atoms with Crippen LogP contribution in [0.1, 0.15) is 17.4 Å². The Morgan fingerprint density at radius 1 is 1.25 bits per heavy atom. The third-order valence-electron chi connectivity index (χ3n) is 2.87. The van der Waals surface area contributed by atoms with E-state index < -0.39 is 17.7 Å². The molecule has 1 unspecified atom stereocenters. The Hall–Kier alpha value is -1.24. The first kappa shape index (κ1) is 15.2. The van der Waals surface area contributed by atoms with E-state index in [2.05, 4.69) is 15.9 Å². The molecule has 0 saturated heterocycles. The molecule has 1 N–H and O–H groups in total. The monoisotopic (exact) mass is 345 g/mol. The summed E-state index contributed by atoms with van der Waals surface area (Å²) in [5.74, 6) is -0.793. The van der Waals surface area contributed by atoms with Crippen molar-refractivity contribution >= 4 is 15.9 Å². The summed E-state index contributed by atoms with van der Waals surface area (Å²) in [5.41, 5.74) is -0.306. The van der Waals surface area contributed by atoms with Gasteiger partial charge in [-0.3, -0.25) is 4.90 Å². The van der Waals surface area contributed by atoms with E-state index in [-0.39, 0.29) is 12.1 Å². The van der Waals surface area contributed by atoms with Crippen molar-refractivity contribution in [3.05, 3.63) is 58.0 Å². The lowest BCUT2D eigenvalue weighted by Crippen LogP contribution is -2.25. The van der Waals surface area contributed by atoms with Gasteiger partial charge in [0.05, 0.1) is 18.2 Å². The normalized spacial score (nSPS) is 12.9. The first-order chi connectivity index (χ1) is 9.47. The van der Waals surface area contributed by atoms with Gasteiger partial charge in [-0.15, -0.1) is 0 Å². The van der Waals surface area contributed by atoms with Crippen LogP contribution in [0.5, 0.6) is 0 Å². The molecule has 2 rings (SSSR count). The van der Waals surface area contributed by atoms with E-state index in [1.54, 1.807) is 24.1 Å². The average Bonchev–Trinajstić information content (AvgIpc) is 2.74. The van der Waals surface area contributed by atoms with E-state index in [0.29, 0.717) is 17.0 Å². The maximum absolute atomic E-state index is 13.5. The van der Waals surface area contributed by atoms with Crippen LogP contribution in [0.2, 0.25) is 0 Å². The second kappa shape index (κ2) is 6.47. The molecule has 0 bridgehead atoms. The molecule has 1 heterocycles. The van der Waals surface area contributed by atoms with Gasteiger partial charge in [0.2, 0.25) is 0 Å². The Morgan fingerprint density at radius 3 is 2.45 bits per heavy atom. The van der Waals surface area contributed by atoms with Crippen LogP contribution < -0.4 is 0 Å². The van der Waals surface area contributed by atoms with Crippen LogP contribution in [0.4, 0.5) is 8.78 Å². The highest BCUT2D eigenvalue weighted by molar-refractivity contribution is 9.10. The van der Waals surface area contributed by atoms with Crippen LogP contribution >= 0.6 is 15.9 Å². The third-order valence-corrected chi connectivity index (χ3v) is 3.30. The highest BCUT2D eigenvalue weighted by atomic mass is 79.9. The largest absolute Gasteiger partial charge is 0.453 e. The number of benzene rings is 1. The van der Waals surface area contributed by atoms with Gasteiger partial charge in [-0.1, -0.05) is 6.07 Å². The molecule has 1 atom stereocenters. The molecule has 0 aliphatic rings. The molecule has 2 aromatic rings. The minimum atomic E-state index is -1.24. The van der Waals surface area contributed by atoms with E-state index in [0.717, 1.165) is 12.1 Å². The molecule has 0 fully saturated rings. The second-order valence-electron chi connectivity index (χ2n) is 4.55. The maximum Gasteiger partial charge on any atom is 0.169 e. The van der Waals surface area contributed by atoms with Crippen molar-refractivity contribution in [2.24, 2.45) is 0 Å². The summed E-state index contributed by atoms with van der Waals surface area (Å²) < 4.78 is 33.0. The molecule has 3 nitrogen and oxygen atoms in total. The van der Waals surface area contributed by atoms with E-state index >= 15 is 0 Å². The standard InChI is InChI=1S/C14H14BrF2NO2/c1-18(7-9-5-6-13(15)20-9)8-12(19)14-10(16)3-2-4-11(14)17/h2-6,12,19H,7-8H2,1H3. The SMILES string of the molecule is CN(Cc1ccc(Br)o1)CC(O)c1c(F)cccc1F. The molecular weight excluding hydrogens is 332 g/mol. The van der Waals surface area contributed by atoms with Gasteiger partial charge in [-0.05, 0) is 47.2 Å². The van der Waals surface area contributed by atoms with E-state index in [4.69, 9.17) is 4.42 Å². The summed E-state index contributed by atoms with van der Waals surface area (Å²) in [7, 11) is 1.73. The number of aliphatic hydroxyl groups excluding tert-OH is 1. The van der Waals surface area contributed by atoms with E-state index in [9.17, 15) is 13.9 Å². The molecule has 6 heteroatoms. The number of nitrogens with zero attached hydrogens (tertiary/aromatic N) is 1. The first-order valence-corrected chi connectivity index (χ1v) is 6.81. The van der Waals surface area contributed by atoms with Crippen molar-refractivity contribution in [2.75, 3.05) is 13.6 Å². The van der Waals surface area contributed by atoms with Crippen LogP contribution in [0, 0.1) is 11.6 Å². The van der Waals surface area contributed by atoms with Crippen LogP contribution in [0.3, 0.4) is 0 Å². The summed E-state index contributed by atoms with van der Waals surface area (Å²) in [4.78, 5) is 1.72. The molecule has 1 aromatic heterocycles. The molecule has 0 saturated carbocycles. The molecule has 0 aliphatic heterocycles. The molecule has 0 radical (unpaired) electrons. The molecule has 1 aromatic carbocycles. The Morgan fingerprint density at radius 2 is 1.90 bits per heavy atom. The van der Waals surface area contributed by atoms with Crippen LogP contribution in [-0.2, 0) is 6.54 Å². The van der Waals surface area contributed by atoms with Crippen LogP contribution in [-0.4, -0.2) is 23.6 Å². The van der Waals surface area contributed by atoms with Crippen molar-refractivity contribution in [3.63, 3.8) is 0 Å². The fourth-order valence-electron chi connectivity index (χ4n) is 1.98. The zero-order valence-corrected chi connectivity index (χ0v) is 12.4. The molecule has 20 heavy (non-hydrogen) atoms. The van der Waals surface area contributed by atoms with Gasteiger partial charge in [0, 0.05) is 6.54 Å². The Labute approximate surface area is 123 Å². The van der Waals surface area contributed by atoms with Crippen molar-refractivity contribution in [1.82, 2.24) is 4.90 Å². The summed E-state index contributed by atoms with van der Waals surface area (Å²) in [5, 5.41) is 9.97. The van der Waals surface area contributed by atoms with Gasteiger partial charge < -0.3 is 9.52 Å². The highest BCUT2D eigenvalue weighted by Crippen LogP contribution is 2.22. The Bertz CT molecular complexity index is 568. The molecule has 0 amide bonds. The third kappa shape index (κ3) is 3.65. The van der Waals surface area contributed by atoms with E-state index in [1.807, 2.05) is 0 Å². The molecule has 108 valence electrons. The molecular formula is C14H14BrF2NO2. The van der Waals surface area contributed by atoms with Crippen molar-refractivity contribution < 1.29 is 18.3 Å². The number of aliphatic hydroxyl groups is 1. The van der Waals surface area contributed by atoms with E-state index in [1.165, 1.54) is 6.07 Å². The minimum absolute atomic E-state index is 0.0934. The average molecular weight is 346 g/mol. The summed E-state index contributed by atoms with van der Waals surface area (Å²) in [6.07, 6.45) is -1.24. The zero-order chi connectivity index (χ0) is 14.7. The fraction of sp³-hybridized carbons (Fsp3) is 0.286. The van der Waals surface area contributed by atoms with Gasteiger partial charge in [0.1, 0.15) is 17.4 Å². The fourth-order valence-corrected chi connectivity index (χ4v) is 2.32. The van der Waals surface area contributed by atoms with Crippen molar-refractivity contribution in [1.29, 1.82) is 0 Å². The van der Waals surface area contributed by atoms with Gasteiger partial charge in [-0.2, -0.15) is 0 Å². The van der Waals surface area contributed by atoms with Gasteiger partial charge in [0.15, 0.2) is 4.67 Å². The Kier molecular flexibility index (Phi) is 4.91. The zero-order valence-electron chi connectivity index (χ0n) is 10.8. The lowest BCUT2D eigenvalue weighted by atomic mass is 10.1. The quantitative estimate of drug-likeness (QED) is 0.901. The lowest BCUT2D eigenvalue weighted by molar-refractivity contribution is 0.113. The predicted octanol–water partition coefficient (Wildman–Crippen LogP) is 3.49. The number of rotatable bonds is 5. The molecule has 0 spiro atoms. The number of halogens is 3. The number of furan rings is 1. The topological polar surface area (TPSA) is 36.6 Å². The smallest absolute Gasteiger partial charge is 0.169 e. The number of hydrogen-bond acceptors (Lipinski definition) is 3. The van der Waals surface area contributed by atoms with Crippen molar-refractivity contribution in [3.8, 4) is 0 Å². The van der Waals surface area contributed by atoms with Crippen LogP contribution in [0.15, 0.2) is 39.4 Å². The van der Waals surface area contributed by atoms with Gasteiger partial charge in [0.25, 0.3) is 0 Å². The summed E-state index contributed by atoms with van der Waals surface area (Å²) in [6, 6.07) is 7.08. The van der Waals surface area contributed by atoms with Gasteiger partial charge in [-0.25, -0.2) is 8.78 Å². The van der Waals surface area contributed by atoms with Gasteiger partial charge >= 0.3 is 0 Å². The summed E-state index contributed by atoms with van der Waals surface area (Å²) in [6.45, 7) is 0.523. The second-order valence-corrected chi connectivity index (χ2v) is 5.34. The van der Waals surface area contributed by atoms with Crippen LogP contribution in [0.25, 0.3) is 0 Å². The predicted molar refractivity (Wildman–Crippen MR) is 74.1 cm³/mol. The summed E-state index contributed by atoms with van der Waals surface area (Å²) >= 11 is 3.19. The minimum Gasteiger partial charge on any atom is -0.453 e. The van der Waals surface area contributed by atoms with Crippen molar-refractivity contribution in [2.45, 2.75) is 12.6 Å². The maximum atomic E-state index is 13.5. The highest BCUT2D eigenvalue weighted by Gasteiger charge is 2.19. The Balaban J connectivity index is 2.02. The first-order valence-electron chi connectivity index (χ1n) is 6.02. The number of hydrogen-bond donors (Lipinski definition) is 1.